The van der Waals surface area contributed by atoms with Crippen molar-refractivity contribution < 1.29 is 5.11 Å². The molecule has 5 nitrogen and oxygen atoms in total. The summed E-state index contributed by atoms with van der Waals surface area (Å²) < 4.78 is 0. The third-order valence-corrected chi connectivity index (χ3v) is 6.94. The van der Waals surface area contributed by atoms with Crippen molar-refractivity contribution in [2.45, 2.75) is 57.7 Å². The van der Waals surface area contributed by atoms with Gasteiger partial charge in [-0.15, -0.1) is 0 Å². The van der Waals surface area contributed by atoms with E-state index in [0.717, 1.165) is 55.3 Å². The molecule has 1 saturated heterocycles. The number of hydrogen-bond acceptors (Lipinski definition) is 5. The Kier molecular flexibility index (Phi) is 5.02. The van der Waals surface area contributed by atoms with Crippen molar-refractivity contribution >= 4 is 0 Å². The van der Waals surface area contributed by atoms with Gasteiger partial charge in [0.15, 0.2) is 0 Å². The first-order valence-corrected chi connectivity index (χ1v) is 10.3. The number of benzene rings is 1. The summed E-state index contributed by atoms with van der Waals surface area (Å²) >= 11 is 0. The number of piperidine rings is 1. The van der Waals surface area contributed by atoms with Crippen LogP contribution in [0.5, 0.6) is 0 Å². The molecule has 1 N–H and O–H groups in total. The average Bonchev–Trinajstić information content (AvgIpc) is 2.90. The zero-order valence-electron chi connectivity index (χ0n) is 17.7. The van der Waals surface area contributed by atoms with Gasteiger partial charge in [0.2, 0.25) is 0 Å². The van der Waals surface area contributed by atoms with Gasteiger partial charge in [0.1, 0.15) is 0 Å². The molecule has 2 atom stereocenters. The van der Waals surface area contributed by atoms with E-state index in [-0.39, 0.29) is 17.6 Å². The van der Waals surface area contributed by atoms with Crippen molar-refractivity contribution in [3.8, 4) is 0 Å². The van der Waals surface area contributed by atoms with Crippen LogP contribution in [0.15, 0.2) is 24.3 Å². The third-order valence-electron chi connectivity index (χ3n) is 6.94. The lowest BCUT2D eigenvalue weighted by Crippen LogP contribution is -2.49. The molecule has 150 valence electrons. The maximum Gasteiger partial charge on any atom is 0.0834 e. The fourth-order valence-electron chi connectivity index (χ4n) is 5.20. The van der Waals surface area contributed by atoms with Crippen molar-refractivity contribution in [3.63, 3.8) is 0 Å². The molecule has 2 aliphatic rings. The molecule has 1 aliphatic heterocycles. The SMILES string of the molecule is Cc1nc(C)c(CN2CCC3(CC2)c2ccccc2[C@@H](N(C)C)[C@@H]3O)nc1C. The molecule has 1 aromatic carbocycles. The second-order valence-electron chi connectivity index (χ2n) is 8.80. The van der Waals surface area contributed by atoms with E-state index in [4.69, 9.17) is 4.98 Å². The molecular weight excluding hydrogens is 348 g/mol. The lowest BCUT2D eigenvalue weighted by atomic mass is 9.72. The van der Waals surface area contributed by atoms with E-state index in [2.05, 4.69) is 60.1 Å². The van der Waals surface area contributed by atoms with Gasteiger partial charge in [-0.25, -0.2) is 0 Å². The molecule has 1 aromatic heterocycles. The van der Waals surface area contributed by atoms with Gasteiger partial charge < -0.3 is 10.0 Å². The second kappa shape index (κ2) is 7.21. The van der Waals surface area contributed by atoms with Gasteiger partial charge in [-0.3, -0.25) is 14.9 Å². The van der Waals surface area contributed by atoms with Crippen LogP contribution in [0.2, 0.25) is 0 Å². The highest BCUT2D eigenvalue weighted by Crippen LogP contribution is 2.52. The number of likely N-dealkylation sites (N-methyl/N-ethyl adjacent to an activating group) is 1. The maximum absolute atomic E-state index is 11.4. The molecule has 2 heterocycles. The summed E-state index contributed by atoms with van der Waals surface area (Å²) in [5, 5.41) is 11.4. The van der Waals surface area contributed by atoms with Gasteiger partial charge in [0.25, 0.3) is 0 Å². The van der Waals surface area contributed by atoms with E-state index in [1.54, 1.807) is 0 Å². The highest BCUT2D eigenvalue weighted by atomic mass is 16.3. The normalized spacial score (nSPS) is 24.1. The summed E-state index contributed by atoms with van der Waals surface area (Å²) in [4.78, 5) is 14.1. The first-order chi connectivity index (χ1) is 13.3. The van der Waals surface area contributed by atoms with Gasteiger partial charge in [0.05, 0.1) is 34.9 Å². The van der Waals surface area contributed by atoms with Crippen LogP contribution < -0.4 is 0 Å². The highest BCUT2D eigenvalue weighted by molar-refractivity contribution is 5.45. The van der Waals surface area contributed by atoms with Crippen molar-refractivity contribution in [2.24, 2.45) is 0 Å². The van der Waals surface area contributed by atoms with Crippen molar-refractivity contribution in [1.29, 1.82) is 0 Å². The molecule has 1 spiro atoms. The zero-order valence-corrected chi connectivity index (χ0v) is 17.7. The van der Waals surface area contributed by atoms with Crippen molar-refractivity contribution in [3.05, 3.63) is 58.2 Å². The topological polar surface area (TPSA) is 52.5 Å². The Balaban J connectivity index is 1.55. The minimum absolute atomic E-state index is 0.0793. The van der Waals surface area contributed by atoms with Crippen LogP contribution >= 0.6 is 0 Å². The van der Waals surface area contributed by atoms with Crippen LogP contribution in [-0.2, 0) is 12.0 Å². The number of aliphatic hydroxyl groups excluding tert-OH is 1. The molecule has 5 heteroatoms. The molecule has 1 aliphatic carbocycles. The van der Waals surface area contributed by atoms with Crippen LogP contribution in [0.4, 0.5) is 0 Å². The lowest BCUT2D eigenvalue weighted by Gasteiger charge is -2.43. The zero-order chi connectivity index (χ0) is 20.1. The van der Waals surface area contributed by atoms with Crippen LogP contribution in [0.1, 0.15) is 52.8 Å². The van der Waals surface area contributed by atoms with E-state index < -0.39 is 0 Å². The molecular formula is C23H32N4O. The predicted octanol–water partition coefficient (Wildman–Crippen LogP) is 2.91. The summed E-state index contributed by atoms with van der Waals surface area (Å²) in [7, 11) is 4.14. The molecule has 0 saturated carbocycles. The first kappa shape index (κ1) is 19.5. The Morgan fingerprint density at radius 3 is 2.36 bits per heavy atom. The Morgan fingerprint density at radius 2 is 1.68 bits per heavy atom. The molecule has 0 bridgehead atoms. The van der Waals surface area contributed by atoms with Crippen LogP contribution in [0.25, 0.3) is 0 Å². The van der Waals surface area contributed by atoms with E-state index in [9.17, 15) is 5.11 Å². The summed E-state index contributed by atoms with van der Waals surface area (Å²) in [6.07, 6.45) is 1.60. The van der Waals surface area contributed by atoms with Gasteiger partial charge in [-0.05, 0) is 71.9 Å². The number of fused-ring (bicyclic) bond motifs is 2. The molecule has 28 heavy (non-hydrogen) atoms. The monoisotopic (exact) mass is 380 g/mol. The fraction of sp³-hybridized carbons (Fsp3) is 0.565. The number of rotatable bonds is 3. The molecule has 2 aromatic rings. The van der Waals surface area contributed by atoms with Crippen molar-refractivity contribution in [1.82, 2.24) is 19.8 Å². The molecule has 0 unspecified atom stereocenters. The van der Waals surface area contributed by atoms with E-state index in [1.807, 2.05) is 13.8 Å². The lowest BCUT2D eigenvalue weighted by molar-refractivity contribution is -0.00412. The number of hydrogen-bond donors (Lipinski definition) is 1. The highest BCUT2D eigenvalue weighted by Gasteiger charge is 2.53. The summed E-state index contributed by atoms with van der Waals surface area (Å²) in [6, 6.07) is 8.72. The number of aliphatic hydroxyl groups is 1. The molecule has 1 fully saturated rings. The Labute approximate surface area is 168 Å². The largest absolute Gasteiger partial charge is 0.390 e. The minimum atomic E-state index is -0.356. The summed E-state index contributed by atoms with van der Waals surface area (Å²) in [5.41, 5.74) is 6.65. The molecule has 0 amide bonds. The average molecular weight is 381 g/mol. The van der Waals surface area contributed by atoms with E-state index >= 15 is 0 Å². The maximum atomic E-state index is 11.4. The number of likely N-dealkylation sites (tertiary alicyclic amines) is 1. The quantitative estimate of drug-likeness (QED) is 0.887. The third kappa shape index (κ3) is 3.06. The van der Waals surface area contributed by atoms with Crippen LogP contribution in [0, 0.1) is 20.8 Å². The van der Waals surface area contributed by atoms with Gasteiger partial charge in [-0.2, -0.15) is 0 Å². The number of aromatic nitrogens is 2. The van der Waals surface area contributed by atoms with Crippen molar-refractivity contribution in [2.75, 3.05) is 27.2 Å². The van der Waals surface area contributed by atoms with Gasteiger partial charge in [0, 0.05) is 12.0 Å². The smallest absolute Gasteiger partial charge is 0.0834 e. The fourth-order valence-corrected chi connectivity index (χ4v) is 5.20. The van der Waals surface area contributed by atoms with E-state index in [0.29, 0.717) is 0 Å². The Hall–Kier alpha value is -1.82. The van der Waals surface area contributed by atoms with Crippen LogP contribution in [0.3, 0.4) is 0 Å². The standard InChI is InChI=1S/C23H32N4O/c1-15-16(2)25-20(17(3)24-15)14-27-12-10-23(11-13-27)19-9-7-6-8-18(19)21(22(23)28)26(4)5/h6-9,21-22,28H,10-14H2,1-5H3/t21-,22+/m1/s1. The first-order valence-electron chi connectivity index (χ1n) is 10.3. The number of aryl methyl sites for hydroxylation is 3. The van der Waals surface area contributed by atoms with Gasteiger partial charge >= 0.3 is 0 Å². The predicted molar refractivity (Wildman–Crippen MR) is 111 cm³/mol. The van der Waals surface area contributed by atoms with Gasteiger partial charge in [-0.1, -0.05) is 24.3 Å². The summed E-state index contributed by atoms with van der Waals surface area (Å²) in [5.74, 6) is 0. The molecule has 4 rings (SSSR count). The minimum Gasteiger partial charge on any atom is -0.390 e. The number of nitrogens with zero attached hydrogens (tertiary/aromatic N) is 4. The van der Waals surface area contributed by atoms with E-state index in [1.165, 1.54) is 11.1 Å². The van der Waals surface area contributed by atoms with Crippen LogP contribution in [-0.4, -0.2) is 58.2 Å². The summed E-state index contributed by atoms with van der Waals surface area (Å²) in [6.45, 7) is 8.89. The Bertz CT molecular complexity index is 871. The Morgan fingerprint density at radius 1 is 1.04 bits per heavy atom. The second-order valence-corrected chi connectivity index (χ2v) is 8.80. The molecule has 0 radical (unpaired) electrons.